The van der Waals surface area contributed by atoms with Gasteiger partial charge in [0.25, 0.3) is 0 Å². The zero-order valence-electron chi connectivity index (χ0n) is 8.76. The Hall–Kier alpha value is -0.240. The fourth-order valence-electron chi connectivity index (χ4n) is 2.00. The van der Waals surface area contributed by atoms with Crippen LogP contribution in [0.25, 0.3) is 0 Å². The van der Waals surface area contributed by atoms with E-state index >= 15 is 0 Å². The van der Waals surface area contributed by atoms with Crippen LogP contribution in [-0.4, -0.2) is 6.04 Å². The first-order valence-corrected chi connectivity index (χ1v) is 5.99. The van der Waals surface area contributed by atoms with E-state index in [0.29, 0.717) is 5.02 Å². The summed E-state index contributed by atoms with van der Waals surface area (Å²) in [4.78, 5) is 0. The molecule has 0 heterocycles. The van der Waals surface area contributed by atoms with Gasteiger partial charge in [-0.3, -0.25) is 0 Å². The third kappa shape index (κ3) is 2.30. The molecular formula is C12H15Cl2N. The molecule has 0 amide bonds. The summed E-state index contributed by atoms with van der Waals surface area (Å²) in [6, 6.07) is 5.94. The van der Waals surface area contributed by atoms with Crippen LogP contribution in [0, 0.1) is 5.41 Å². The smallest absolute Gasteiger partial charge is 0.0453 e. The normalized spacial score (nSPS) is 20.0. The van der Waals surface area contributed by atoms with Crippen molar-refractivity contribution in [2.75, 3.05) is 0 Å². The van der Waals surface area contributed by atoms with Crippen molar-refractivity contribution in [1.82, 2.24) is 0 Å². The highest BCUT2D eigenvalue weighted by Gasteiger charge is 2.45. The molecule has 0 aliphatic heterocycles. The fraction of sp³-hybridized carbons (Fsp3) is 0.500. The Morgan fingerprint density at radius 3 is 2.53 bits per heavy atom. The van der Waals surface area contributed by atoms with Gasteiger partial charge in [0.1, 0.15) is 0 Å². The summed E-state index contributed by atoms with van der Waals surface area (Å²) in [5.41, 5.74) is 7.44. The van der Waals surface area contributed by atoms with Crippen LogP contribution in [0.15, 0.2) is 18.2 Å². The van der Waals surface area contributed by atoms with Gasteiger partial charge < -0.3 is 5.73 Å². The topological polar surface area (TPSA) is 26.0 Å². The second-order valence-corrected chi connectivity index (χ2v) is 5.41. The molecule has 1 nitrogen and oxygen atoms in total. The molecule has 0 saturated heterocycles. The van der Waals surface area contributed by atoms with Crippen LogP contribution in [0.3, 0.4) is 0 Å². The molecule has 1 aliphatic carbocycles. The minimum absolute atomic E-state index is 0.240. The maximum atomic E-state index is 6.14. The van der Waals surface area contributed by atoms with E-state index in [0.717, 1.165) is 17.0 Å². The molecule has 2 N–H and O–H groups in total. The summed E-state index contributed by atoms with van der Waals surface area (Å²) in [7, 11) is 0. The van der Waals surface area contributed by atoms with E-state index < -0.39 is 0 Å². The standard InChI is InChI=1S/C12H15Cl2N/c1-8(15)12(4-5-12)7-9-2-3-10(13)6-11(9)14/h2-3,6,8H,4-5,7,15H2,1H3. The average Bonchev–Trinajstić information content (AvgIpc) is 2.91. The van der Waals surface area contributed by atoms with Gasteiger partial charge in [-0.05, 0) is 49.3 Å². The first-order valence-electron chi connectivity index (χ1n) is 5.23. The monoisotopic (exact) mass is 243 g/mol. The molecule has 1 aromatic rings. The van der Waals surface area contributed by atoms with E-state index in [2.05, 4.69) is 6.92 Å². The van der Waals surface area contributed by atoms with Gasteiger partial charge in [-0.1, -0.05) is 29.3 Å². The second kappa shape index (κ2) is 3.97. The molecule has 1 aliphatic rings. The molecule has 0 spiro atoms. The number of benzene rings is 1. The van der Waals surface area contributed by atoms with Gasteiger partial charge in [-0.25, -0.2) is 0 Å². The minimum atomic E-state index is 0.240. The van der Waals surface area contributed by atoms with Gasteiger partial charge >= 0.3 is 0 Å². The molecule has 0 bridgehead atoms. The van der Waals surface area contributed by atoms with Crippen molar-refractivity contribution in [3.63, 3.8) is 0 Å². The van der Waals surface area contributed by atoms with Crippen LogP contribution in [0.4, 0.5) is 0 Å². The van der Waals surface area contributed by atoms with Crippen molar-refractivity contribution in [2.24, 2.45) is 11.1 Å². The van der Waals surface area contributed by atoms with Crippen LogP contribution < -0.4 is 5.73 Å². The van der Waals surface area contributed by atoms with Gasteiger partial charge in [-0.15, -0.1) is 0 Å². The highest BCUT2D eigenvalue weighted by atomic mass is 35.5. The summed E-state index contributed by atoms with van der Waals surface area (Å²) in [6.45, 7) is 2.08. The van der Waals surface area contributed by atoms with Crippen LogP contribution in [0.5, 0.6) is 0 Å². The van der Waals surface area contributed by atoms with E-state index in [4.69, 9.17) is 28.9 Å². The van der Waals surface area contributed by atoms with Gasteiger partial charge in [0.05, 0.1) is 0 Å². The highest BCUT2D eigenvalue weighted by molar-refractivity contribution is 6.35. The molecule has 0 aromatic heterocycles. The van der Waals surface area contributed by atoms with Crippen LogP contribution >= 0.6 is 23.2 Å². The SMILES string of the molecule is CC(N)C1(Cc2ccc(Cl)cc2Cl)CC1. The quantitative estimate of drug-likeness (QED) is 0.862. The van der Waals surface area contributed by atoms with E-state index in [1.165, 1.54) is 12.8 Å². The summed E-state index contributed by atoms with van der Waals surface area (Å²) < 4.78 is 0. The number of hydrogen-bond acceptors (Lipinski definition) is 1. The van der Waals surface area contributed by atoms with Crippen molar-refractivity contribution < 1.29 is 0 Å². The molecule has 15 heavy (non-hydrogen) atoms. The maximum absolute atomic E-state index is 6.14. The molecule has 1 fully saturated rings. The van der Waals surface area contributed by atoms with Gasteiger partial charge in [-0.2, -0.15) is 0 Å². The van der Waals surface area contributed by atoms with Gasteiger partial charge in [0.2, 0.25) is 0 Å². The molecule has 3 heteroatoms. The Bertz CT molecular complexity index is 370. The van der Waals surface area contributed by atoms with Crippen molar-refractivity contribution >= 4 is 23.2 Å². The van der Waals surface area contributed by atoms with Crippen LogP contribution in [0.1, 0.15) is 25.3 Å². The number of rotatable bonds is 3. The highest BCUT2D eigenvalue weighted by Crippen LogP contribution is 2.51. The molecule has 1 unspecified atom stereocenters. The van der Waals surface area contributed by atoms with E-state index in [1.807, 2.05) is 12.1 Å². The predicted octanol–water partition coefficient (Wildman–Crippen LogP) is 3.66. The Morgan fingerprint density at radius 2 is 2.07 bits per heavy atom. The first-order chi connectivity index (χ1) is 7.03. The number of halogens is 2. The minimum Gasteiger partial charge on any atom is -0.327 e. The molecule has 1 aromatic carbocycles. The fourth-order valence-corrected chi connectivity index (χ4v) is 2.47. The molecular weight excluding hydrogens is 229 g/mol. The van der Waals surface area contributed by atoms with Crippen molar-refractivity contribution in [3.8, 4) is 0 Å². The maximum Gasteiger partial charge on any atom is 0.0453 e. The van der Waals surface area contributed by atoms with E-state index in [9.17, 15) is 0 Å². The van der Waals surface area contributed by atoms with Gasteiger partial charge in [0, 0.05) is 16.1 Å². The van der Waals surface area contributed by atoms with Crippen molar-refractivity contribution in [1.29, 1.82) is 0 Å². The molecule has 1 atom stereocenters. The predicted molar refractivity (Wildman–Crippen MR) is 65.5 cm³/mol. The Kier molecular flexibility index (Phi) is 2.98. The lowest BCUT2D eigenvalue weighted by Crippen LogP contribution is -2.29. The first kappa shape index (κ1) is 11.3. The Morgan fingerprint density at radius 1 is 1.40 bits per heavy atom. The Balaban J connectivity index is 2.18. The summed E-state index contributed by atoms with van der Waals surface area (Å²) in [6.07, 6.45) is 3.40. The van der Waals surface area contributed by atoms with Crippen molar-refractivity contribution in [2.45, 2.75) is 32.2 Å². The van der Waals surface area contributed by atoms with E-state index in [1.54, 1.807) is 6.07 Å². The molecule has 2 rings (SSSR count). The Labute approximate surface area is 101 Å². The lowest BCUT2D eigenvalue weighted by Gasteiger charge is -2.20. The zero-order chi connectivity index (χ0) is 11.1. The summed E-state index contributed by atoms with van der Waals surface area (Å²) in [5.74, 6) is 0. The zero-order valence-corrected chi connectivity index (χ0v) is 10.3. The average molecular weight is 244 g/mol. The second-order valence-electron chi connectivity index (χ2n) is 4.56. The lowest BCUT2D eigenvalue weighted by molar-refractivity contribution is 0.419. The van der Waals surface area contributed by atoms with E-state index in [-0.39, 0.29) is 11.5 Å². The molecule has 1 saturated carbocycles. The summed E-state index contributed by atoms with van der Waals surface area (Å²) in [5, 5.41) is 1.45. The van der Waals surface area contributed by atoms with Crippen LogP contribution in [-0.2, 0) is 6.42 Å². The van der Waals surface area contributed by atoms with Crippen LogP contribution in [0.2, 0.25) is 10.0 Å². The molecule has 82 valence electrons. The number of nitrogens with two attached hydrogens (primary N) is 1. The van der Waals surface area contributed by atoms with Crippen molar-refractivity contribution in [3.05, 3.63) is 33.8 Å². The molecule has 0 radical (unpaired) electrons. The van der Waals surface area contributed by atoms with Gasteiger partial charge in [0.15, 0.2) is 0 Å². The third-order valence-electron chi connectivity index (χ3n) is 3.42. The lowest BCUT2D eigenvalue weighted by atomic mass is 9.90. The third-order valence-corrected chi connectivity index (χ3v) is 4.00. The largest absolute Gasteiger partial charge is 0.327 e. The summed E-state index contributed by atoms with van der Waals surface area (Å²) >= 11 is 12.0. The number of hydrogen-bond donors (Lipinski definition) is 1.